The zero-order valence-corrected chi connectivity index (χ0v) is 17.5. The summed E-state index contributed by atoms with van der Waals surface area (Å²) in [6.45, 7) is 0.547. The third-order valence-corrected chi connectivity index (χ3v) is 5.50. The molecule has 2 atom stereocenters. The molecule has 29 heavy (non-hydrogen) atoms. The number of carbonyl (C=O) groups is 2. The summed E-state index contributed by atoms with van der Waals surface area (Å²) in [5, 5.41) is 5.98. The second-order valence-electron chi connectivity index (χ2n) is 6.74. The summed E-state index contributed by atoms with van der Waals surface area (Å²) < 4.78 is 10.9. The molecule has 1 heterocycles. The number of hydrogen-bond donors (Lipinski definition) is 2. The average Bonchev–Trinajstić information content (AvgIpc) is 2.76. The van der Waals surface area contributed by atoms with Crippen molar-refractivity contribution in [3.05, 3.63) is 59.7 Å². The van der Waals surface area contributed by atoms with Crippen LogP contribution in [0, 0.1) is 0 Å². The van der Waals surface area contributed by atoms with Crippen LogP contribution in [0.15, 0.2) is 48.5 Å². The molecule has 2 aromatic rings. The van der Waals surface area contributed by atoms with Crippen LogP contribution in [0.5, 0.6) is 11.5 Å². The minimum atomic E-state index is -0.630. The Labute approximate surface area is 175 Å². The molecule has 0 aliphatic carbocycles. The van der Waals surface area contributed by atoms with Crippen LogP contribution in [0.25, 0.3) is 0 Å². The fraction of sp³-hybridized carbons (Fsp3) is 0.364. The summed E-state index contributed by atoms with van der Waals surface area (Å²) in [5.74, 6) is 1.52. The van der Waals surface area contributed by atoms with E-state index in [1.165, 1.54) is 7.11 Å². The Kier molecular flexibility index (Phi) is 7.41. The molecule has 0 saturated heterocycles. The van der Waals surface area contributed by atoms with Gasteiger partial charge < -0.3 is 20.1 Å². The highest BCUT2D eigenvalue weighted by atomic mass is 32.2. The van der Waals surface area contributed by atoms with Crippen molar-refractivity contribution < 1.29 is 19.1 Å². The second kappa shape index (κ2) is 10.2. The Balaban J connectivity index is 1.73. The van der Waals surface area contributed by atoms with Gasteiger partial charge >= 0.3 is 0 Å². The van der Waals surface area contributed by atoms with Gasteiger partial charge in [0.25, 0.3) is 5.91 Å². The van der Waals surface area contributed by atoms with Gasteiger partial charge in [0.05, 0.1) is 25.3 Å². The SMILES string of the molecule is COc1ccccc1C(=O)N[C@H](CCSC)C(=O)N[C@H]1CCOc2ccccc21. The summed E-state index contributed by atoms with van der Waals surface area (Å²) >= 11 is 1.64. The third kappa shape index (κ3) is 5.23. The van der Waals surface area contributed by atoms with Crippen LogP contribution in [-0.4, -0.2) is 43.6 Å². The molecule has 6 nitrogen and oxygen atoms in total. The van der Waals surface area contributed by atoms with Crippen molar-refractivity contribution in [3.8, 4) is 11.5 Å². The van der Waals surface area contributed by atoms with E-state index in [0.717, 1.165) is 17.1 Å². The van der Waals surface area contributed by atoms with E-state index in [2.05, 4.69) is 10.6 Å². The highest BCUT2D eigenvalue weighted by molar-refractivity contribution is 7.98. The van der Waals surface area contributed by atoms with Gasteiger partial charge in [0.2, 0.25) is 5.91 Å². The van der Waals surface area contributed by atoms with E-state index in [4.69, 9.17) is 9.47 Å². The highest BCUT2D eigenvalue weighted by Gasteiger charge is 2.28. The molecule has 3 rings (SSSR count). The van der Waals surface area contributed by atoms with Gasteiger partial charge in [0.15, 0.2) is 0 Å². The summed E-state index contributed by atoms with van der Waals surface area (Å²) in [6.07, 6.45) is 3.21. The number of benzene rings is 2. The van der Waals surface area contributed by atoms with E-state index in [-0.39, 0.29) is 17.9 Å². The van der Waals surface area contributed by atoms with Gasteiger partial charge in [-0.1, -0.05) is 30.3 Å². The zero-order valence-electron chi connectivity index (χ0n) is 16.6. The van der Waals surface area contributed by atoms with Crippen LogP contribution < -0.4 is 20.1 Å². The Morgan fingerprint density at radius 3 is 2.76 bits per heavy atom. The number of rotatable bonds is 8. The number of amides is 2. The van der Waals surface area contributed by atoms with Gasteiger partial charge in [0, 0.05) is 12.0 Å². The lowest BCUT2D eigenvalue weighted by Crippen LogP contribution is -2.48. The molecule has 0 unspecified atom stereocenters. The summed E-state index contributed by atoms with van der Waals surface area (Å²) in [7, 11) is 1.52. The van der Waals surface area contributed by atoms with Crippen LogP contribution in [0.1, 0.15) is 34.8 Å². The normalized spacial score (nSPS) is 16.1. The molecule has 7 heteroatoms. The van der Waals surface area contributed by atoms with Crippen molar-refractivity contribution in [1.29, 1.82) is 0 Å². The molecule has 154 valence electrons. The predicted octanol–water partition coefficient (Wildman–Crippen LogP) is 3.19. The quantitative estimate of drug-likeness (QED) is 0.694. The van der Waals surface area contributed by atoms with E-state index < -0.39 is 6.04 Å². The molecule has 0 radical (unpaired) electrons. The Hall–Kier alpha value is -2.67. The number of ether oxygens (including phenoxy) is 2. The van der Waals surface area contributed by atoms with Gasteiger partial charge in [-0.15, -0.1) is 0 Å². The molecule has 1 aliphatic rings. The van der Waals surface area contributed by atoms with Crippen LogP contribution >= 0.6 is 11.8 Å². The van der Waals surface area contributed by atoms with Crippen molar-refractivity contribution in [3.63, 3.8) is 0 Å². The molecule has 0 spiro atoms. The first kappa shape index (κ1) is 21.0. The minimum absolute atomic E-state index is 0.132. The fourth-order valence-corrected chi connectivity index (χ4v) is 3.81. The lowest BCUT2D eigenvalue weighted by atomic mass is 10.00. The molecule has 2 amide bonds. The maximum absolute atomic E-state index is 13.0. The number of hydrogen-bond acceptors (Lipinski definition) is 5. The second-order valence-corrected chi connectivity index (χ2v) is 7.73. The van der Waals surface area contributed by atoms with E-state index in [1.807, 2.05) is 30.5 Å². The van der Waals surface area contributed by atoms with Crippen molar-refractivity contribution in [2.75, 3.05) is 25.7 Å². The average molecular weight is 415 g/mol. The minimum Gasteiger partial charge on any atom is -0.496 e. The van der Waals surface area contributed by atoms with Crippen LogP contribution in [-0.2, 0) is 4.79 Å². The maximum Gasteiger partial charge on any atom is 0.255 e. The Bertz CT molecular complexity index is 858. The topological polar surface area (TPSA) is 76.7 Å². The first-order chi connectivity index (χ1) is 14.1. The number of fused-ring (bicyclic) bond motifs is 1. The standard InChI is InChI=1S/C22H26N2O4S/c1-27-19-9-5-4-8-16(19)21(25)24-18(12-14-29-2)22(26)23-17-11-13-28-20-10-6-3-7-15(17)20/h3-10,17-18H,11-14H2,1-2H3,(H,23,26)(H,24,25)/t17-,18+/m0/s1. The van der Waals surface area contributed by atoms with Crippen LogP contribution in [0.2, 0.25) is 0 Å². The molecule has 2 N–H and O–H groups in total. The molecule has 0 fully saturated rings. The largest absolute Gasteiger partial charge is 0.496 e. The van der Waals surface area contributed by atoms with Crippen LogP contribution in [0.4, 0.5) is 0 Å². The zero-order chi connectivity index (χ0) is 20.6. The molecule has 0 bridgehead atoms. The summed E-state index contributed by atoms with van der Waals surface area (Å²) in [5.41, 5.74) is 1.38. The van der Waals surface area contributed by atoms with E-state index in [1.54, 1.807) is 36.0 Å². The fourth-order valence-electron chi connectivity index (χ4n) is 3.34. The monoisotopic (exact) mass is 414 g/mol. The number of nitrogens with one attached hydrogen (secondary N) is 2. The van der Waals surface area contributed by atoms with Gasteiger partial charge in [-0.3, -0.25) is 9.59 Å². The van der Waals surface area contributed by atoms with Gasteiger partial charge in [-0.05, 0) is 36.6 Å². The van der Waals surface area contributed by atoms with Crippen molar-refractivity contribution in [1.82, 2.24) is 10.6 Å². The lowest BCUT2D eigenvalue weighted by Gasteiger charge is -2.28. The van der Waals surface area contributed by atoms with Crippen LogP contribution in [0.3, 0.4) is 0 Å². The smallest absolute Gasteiger partial charge is 0.255 e. The molecule has 0 aromatic heterocycles. The maximum atomic E-state index is 13.0. The van der Waals surface area contributed by atoms with Crippen molar-refractivity contribution in [2.45, 2.75) is 24.9 Å². The van der Waals surface area contributed by atoms with Gasteiger partial charge in [0.1, 0.15) is 17.5 Å². The number of carbonyl (C=O) groups excluding carboxylic acids is 2. The molecular formula is C22H26N2O4S. The van der Waals surface area contributed by atoms with Crippen molar-refractivity contribution in [2.24, 2.45) is 0 Å². The molecule has 0 saturated carbocycles. The Morgan fingerprint density at radius 1 is 1.21 bits per heavy atom. The first-order valence-electron chi connectivity index (χ1n) is 9.59. The summed E-state index contributed by atoms with van der Waals surface area (Å²) in [6, 6.07) is 13.9. The van der Waals surface area contributed by atoms with E-state index >= 15 is 0 Å². The first-order valence-corrected chi connectivity index (χ1v) is 11.0. The third-order valence-electron chi connectivity index (χ3n) is 4.86. The lowest BCUT2D eigenvalue weighted by molar-refractivity contribution is -0.124. The predicted molar refractivity (Wildman–Crippen MR) is 115 cm³/mol. The number of thioether (sulfide) groups is 1. The van der Waals surface area contributed by atoms with Gasteiger partial charge in [-0.2, -0.15) is 11.8 Å². The van der Waals surface area contributed by atoms with E-state index in [9.17, 15) is 9.59 Å². The van der Waals surface area contributed by atoms with Crippen molar-refractivity contribution >= 4 is 23.6 Å². The molecule has 1 aliphatic heterocycles. The molecular weight excluding hydrogens is 388 g/mol. The Morgan fingerprint density at radius 2 is 1.97 bits per heavy atom. The number of para-hydroxylation sites is 2. The van der Waals surface area contributed by atoms with Gasteiger partial charge in [-0.25, -0.2) is 0 Å². The summed E-state index contributed by atoms with van der Waals surface area (Å²) in [4.78, 5) is 25.8. The molecule has 2 aromatic carbocycles. The number of methoxy groups -OCH3 is 1. The highest BCUT2D eigenvalue weighted by Crippen LogP contribution is 2.31. The van der Waals surface area contributed by atoms with E-state index in [0.29, 0.717) is 30.8 Å².